The molecule has 2 rings (SSSR count). The number of hydrogen-bond donors (Lipinski definition) is 1. The molecule has 0 aromatic heterocycles. The molecule has 0 atom stereocenters. The summed E-state index contributed by atoms with van der Waals surface area (Å²) in [6.45, 7) is 3.00. The second kappa shape index (κ2) is 6.96. The third-order valence-corrected chi connectivity index (χ3v) is 4.02. The highest BCUT2D eigenvalue weighted by Crippen LogP contribution is 2.29. The minimum Gasteiger partial charge on any atom is -0.352 e. The first-order valence-electron chi connectivity index (χ1n) is 6.79. The second-order valence-corrected chi connectivity index (χ2v) is 5.60. The Morgan fingerprint density at radius 3 is 2.48 bits per heavy atom. The molecule has 0 radical (unpaired) electrons. The Labute approximate surface area is 133 Å². The number of amides is 2. The van der Waals surface area contributed by atoms with Gasteiger partial charge in [-0.15, -0.1) is 0 Å². The standard InChI is InChI=1S/C15H16Cl2N2O2/c1-2-3-8-18-14(20)10-4-6-11(7-5-10)19-9-12(16)13(17)15(19)21/h4-7H,2-3,8-9H2,1H3,(H,18,20). The zero-order valence-electron chi connectivity index (χ0n) is 11.7. The van der Waals surface area contributed by atoms with Crippen molar-refractivity contribution in [1.29, 1.82) is 0 Å². The van der Waals surface area contributed by atoms with Crippen LogP contribution in [-0.4, -0.2) is 24.9 Å². The van der Waals surface area contributed by atoms with E-state index in [4.69, 9.17) is 23.2 Å². The van der Waals surface area contributed by atoms with Gasteiger partial charge in [-0.1, -0.05) is 36.5 Å². The van der Waals surface area contributed by atoms with Crippen LogP contribution in [0.4, 0.5) is 5.69 Å². The van der Waals surface area contributed by atoms with E-state index in [9.17, 15) is 9.59 Å². The maximum absolute atomic E-state index is 11.9. The molecule has 1 heterocycles. The van der Waals surface area contributed by atoms with Crippen molar-refractivity contribution in [2.75, 3.05) is 18.0 Å². The number of halogens is 2. The number of nitrogens with one attached hydrogen (secondary N) is 1. The Hall–Kier alpha value is -1.52. The van der Waals surface area contributed by atoms with E-state index in [1.165, 1.54) is 4.90 Å². The summed E-state index contributed by atoms with van der Waals surface area (Å²) in [5.41, 5.74) is 1.23. The Balaban J connectivity index is 2.03. The van der Waals surface area contributed by atoms with Gasteiger partial charge in [0.1, 0.15) is 5.03 Å². The largest absolute Gasteiger partial charge is 0.352 e. The summed E-state index contributed by atoms with van der Waals surface area (Å²) in [5.74, 6) is -0.432. The van der Waals surface area contributed by atoms with Crippen molar-refractivity contribution in [2.24, 2.45) is 0 Å². The molecule has 0 saturated carbocycles. The van der Waals surface area contributed by atoms with Gasteiger partial charge in [0.05, 0.1) is 11.6 Å². The molecule has 2 amide bonds. The molecule has 6 heteroatoms. The summed E-state index contributed by atoms with van der Waals surface area (Å²) in [6, 6.07) is 6.80. The zero-order chi connectivity index (χ0) is 15.4. The summed E-state index contributed by atoms with van der Waals surface area (Å²) in [5, 5.41) is 3.23. The molecular formula is C15H16Cl2N2O2. The van der Waals surface area contributed by atoms with Crippen molar-refractivity contribution < 1.29 is 9.59 Å². The van der Waals surface area contributed by atoms with E-state index in [1.807, 2.05) is 0 Å². The number of carbonyl (C=O) groups is 2. The lowest BCUT2D eigenvalue weighted by atomic mass is 10.2. The van der Waals surface area contributed by atoms with Crippen LogP contribution in [0, 0.1) is 0 Å². The highest BCUT2D eigenvalue weighted by atomic mass is 35.5. The van der Waals surface area contributed by atoms with Gasteiger partial charge in [0.25, 0.3) is 11.8 Å². The number of carbonyl (C=O) groups excluding carboxylic acids is 2. The Morgan fingerprint density at radius 2 is 1.95 bits per heavy atom. The third kappa shape index (κ3) is 3.57. The fourth-order valence-corrected chi connectivity index (χ4v) is 2.36. The van der Waals surface area contributed by atoms with Crippen LogP contribution in [0.15, 0.2) is 34.3 Å². The lowest BCUT2D eigenvalue weighted by Crippen LogP contribution is -2.26. The van der Waals surface area contributed by atoms with E-state index in [1.54, 1.807) is 24.3 Å². The number of rotatable bonds is 5. The molecule has 112 valence electrons. The molecule has 0 bridgehead atoms. The van der Waals surface area contributed by atoms with Gasteiger partial charge < -0.3 is 10.2 Å². The van der Waals surface area contributed by atoms with Gasteiger partial charge in [-0.2, -0.15) is 0 Å². The Morgan fingerprint density at radius 1 is 1.29 bits per heavy atom. The summed E-state index contributed by atoms with van der Waals surface area (Å²) >= 11 is 11.7. The van der Waals surface area contributed by atoms with Crippen LogP contribution in [0.25, 0.3) is 0 Å². The highest BCUT2D eigenvalue weighted by Gasteiger charge is 2.29. The van der Waals surface area contributed by atoms with Crippen LogP contribution in [0.2, 0.25) is 0 Å². The molecule has 4 nitrogen and oxygen atoms in total. The third-order valence-electron chi connectivity index (χ3n) is 3.23. The van der Waals surface area contributed by atoms with E-state index in [0.717, 1.165) is 12.8 Å². The molecule has 0 aliphatic carbocycles. The van der Waals surface area contributed by atoms with Crippen LogP contribution < -0.4 is 10.2 Å². The van der Waals surface area contributed by atoms with Crippen molar-refractivity contribution in [3.05, 3.63) is 39.9 Å². The molecule has 0 saturated heterocycles. The average molecular weight is 327 g/mol. The minimum atomic E-state index is -0.318. The van der Waals surface area contributed by atoms with Gasteiger partial charge in [-0.25, -0.2) is 0 Å². The predicted octanol–water partition coefficient (Wildman–Crippen LogP) is 3.25. The fraction of sp³-hybridized carbons (Fsp3) is 0.333. The summed E-state index contributed by atoms with van der Waals surface area (Å²) in [6.07, 6.45) is 1.99. The fourth-order valence-electron chi connectivity index (χ4n) is 2.00. The van der Waals surface area contributed by atoms with Gasteiger partial charge in [0.15, 0.2) is 0 Å². The highest BCUT2D eigenvalue weighted by molar-refractivity contribution is 6.51. The second-order valence-electron chi connectivity index (χ2n) is 4.77. The van der Waals surface area contributed by atoms with Gasteiger partial charge in [-0.3, -0.25) is 9.59 Å². The van der Waals surface area contributed by atoms with E-state index < -0.39 is 0 Å². The maximum Gasteiger partial charge on any atom is 0.271 e. The molecule has 0 unspecified atom stereocenters. The van der Waals surface area contributed by atoms with Crippen LogP contribution in [-0.2, 0) is 4.79 Å². The summed E-state index contributed by atoms with van der Waals surface area (Å²) < 4.78 is 0. The molecular weight excluding hydrogens is 311 g/mol. The van der Waals surface area contributed by atoms with E-state index in [2.05, 4.69) is 12.2 Å². The normalized spacial score (nSPS) is 14.8. The summed E-state index contributed by atoms with van der Waals surface area (Å²) in [4.78, 5) is 25.2. The first-order chi connectivity index (χ1) is 10.0. The number of benzene rings is 1. The van der Waals surface area contributed by atoms with Gasteiger partial charge in [0, 0.05) is 17.8 Å². The molecule has 1 aromatic rings. The molecule has 0 fully saturated rings. The van der Waals surface area contributed by atoms with E-state index >= 15 is 0 Å². The van der Waals surface area contributed by atoms with Crippen LogP contribution in [0.5, 0.6) is 0 Å². The smallest absolute Gasteiger partial charge is 0.271 e. The molecule has 1 aliphatic rings. The van der Waals surface area contributed by atoms with Crippen LogP contribution in [0.1, 0.15) is 30.1 Å². The predicted molar refractivity (Wildman–Crippen MR) is 84.8 cm³/mol. The van der Waals surface area contributed by atoms with Gasteiger partial charge in [-0.05, 0) is 30.7 Å². The molecule has 21 heavy (non-hydrogen) atoms. The van der Waals surface area contributed by atoms with Crippen molar-refractivity contribution in [2.45, 2.75) is 19.8 Å². The molecule has 1 aliphatic heterocycles. The minimum absolute atomic E-state index is 0.0538. The Kier molecular flexibility index (Phi) is 5.26. The molecule has 1 N–H and O–H groups in total. The quantitative estimate of drug-likeness (QED) is 0.844. The van der Waals surface area contributed by atoms with Crippen molar-refractivity contribution in [1.82, 2.24) is 5.32 Å². The maximum atomic E-state index is 11.9. The van der Waals surface area contributed by atoms with E-state index in [0.29, 0.717) is 22.8 Å². The van der Waals surface area contributed by atoms with E-state index in [-0.39, 0.29) is 23.4 Å². The summed E-state index contributed by atoms with van der Waals surface area (Å²) in [7, 11) is 0. The topological polar surface area (TPSA) is 49.4 Å². The van der Waals surface area contributed by atoms with Gasteiger partial charge in [0.2, 0.25) is 0 Å². The lowest BCUT2D eigenvalue weighted by molar-refractivity contribution is -0.114. The van der Waals surface area contributed by atoms with Gasteiger partial charge >= 0.3 is 0 Å². The monoisotopic (exact) mass is 326 g/mol. The lowest BCUT2D eigenvalue weighted by Gasteiger charge is -2.16. The number of unbranched alkanes of at least 4 members (excludes halogenated alkanes) is 1. The van der Waals surface area contributed by atoms with Crippen molar-refractivity contribution >= 4 is 40.7 Å². The van der Waals surface area contributed by atoms with Crippen LogP contribution >= 0.6 is 23.2 Å². The van der Waals surface area contributed by atoms with Crippen LogP contribution in [0.3, 0.4) is 0 Å². The first kappa shape index (κ1) is 15.9. The van der Waals surface area contributed by atoms with Crippen molar-refractivity contribution in [3.63, 3.8) is 0 Å². The number of hydrogen-bond acceptors (Lipinski definition) is 2. The SMILES string of the molecule is CCCCNC(=O)c1ccc(N2CC(Cl)=C(Cl)C2=O)cc1. The first-order valence-corrected chi connectivity index (χ1v) is 7.54. The average Bonchev–Trinajstić information content (AvgIpc) is 2.75. The van der Waals surface area contributed by atoms with Crippen molar-refractivity contribution in [3.8, 4) is 0 Å². The Bertz CT molecular complexity index is 582. The molecule has 0 spiro atoms. The number of nitrogens with zero attached hydrogens (tertiary/aromatic N) is 1. The molecule has 1 aromatic carbocycles. The number of anilines is 1. The zero-order valence-corrected chi connectivity index (χ0v) is 13.2.